The molecule has 2 heterocycles. The second-order valence-corrected chi connectivity index (χ2v) is 6.52. The number of nitrogens with zero attached hydrogens (tertiary/aromatic N) is 2. The number of hydrogen-bond donors (Lipinski definition) is 2. The number of carboxylic acids is 1. The second-order valence-electron chi connectivity index (χ2n) is 6.52. The van der Waals surface area contributed by atoms with Crippen LogP contribution >= 0.6 is 0 Å². The van der Waals surface area contributed by atoms with Crippen molar-refractivity contribution in [2.75, 3.05) is 0 Å². The summed E-state index contributed by atoms with van der Waals surface area (Å²) < 4.78 is 7.23. The largest absolute Gasteiger partial charge is 0.478 e. The highest BCUT2D eigenvalue weighted by Gasteiger charge is 2.46. The highest BCUT2D eigenvalue weighted by atomic mass is 16.5. The standard InChI is InChI=1S/C14H21N3O4/c1-13(2)5-10(14(3,4)21-13)16-11(18)8-17-7-9(6-15-17)12(19)20/h6-7,10H,5,8H2,1-4H3,(H,16,18)(H,19,20). The van der Waals surface area contributed by atoms with Gasteiger partial charge in [-0.2, -0.15) is 5.10 Å². The summed E-state index contributed by atoms with van der Waals surface area (Å²) in [6.07, 6.45) is 3.29. The number of ether oxygens (including phenoxy) is 1. The topological polar surface area (TPSA) is 93.5 Å². The van der Waals surface area contributed by atoms with Crippen LogP contribution in [-0.2, 0) is 16.1 Å². The Balaban J connectivity index is 1.97. The average molecular weight is 295 g/mol. The summed E-state index contributed by atoms with van der Waals surface area (Å²) in [6.45, 7) is 7.87. The highest BCUT2D eigenvalue weighted by Crippen LogP contribution is 2.37. The molecule has 0 spiro atoms. The van der Waals surface area contributed by atoms with Gasteiger partial charge in [-0.15, -0.1) is 0 Å². The summed E-state index contributed by atoms with van der Waals surface area (Å²) in [5.74, 6) is -1.27. The van der Waals surface area contributed by atoms with Gasteiger partial charge in [-0.1, -0.05) is 0 Å². The van der Waals surface area contributed by atoms with Gasteiger partial charge in [0.1, 0.15) is 6.54 Å². The fourth-order valence-corrected chi connectivity index (χ4v) is 2.73. The molecule has 0 saturated carbocycles. The summed E-state index contributed by atoms with van der Waals surface area (Å²) in [5.41, 5.74) is -0.646. The fourth-order valence-electron chi connectivity index (χ4n) is 2.73. The molecule has 1 amide bonds. The zero-order valence-electron chi connectivity index (χ0n) is 12.7. The molecule has 0 aromatic carbocycles. The summed E-state index contributed by atoms with van der Waals surface area (Å²) in [5, 5.41) is 15.6. The fraction of sp³-hybridized carbons (Fsp3) is 0.643. The molecule has 1 aromatic rings. The number of rotatable bonds is 4. The van der Waals surface area contributed by atoms with Gasteiger partial charge >= 0.3 is 5.97 Å². The van der Waals surface area contributed by atoms with E-state index in [2.05, 4.69) is 10.4 Å². The molecule has 0 radical (unpaired) electrons. The lowest BCUT2D eigenvalue weighted by Crippen LogP contribution is -2.47. The lowest BCUT2D eigenvalue weighted by atomic mass is 9.94. The van der Waals surface area contributed by atoms with E-state index in [0.29, 0.717) is 0 Å². The van der Waals surface area contributed by atoms with Crippen LogP contribution in [0.4, 0.5) is 0 Å². The number of carboxylic acid groups (broad SMARTS) is 1. The lowest BCUT2D eigenvalue weighted by Gasteiger charge is -2.27. The van der Waals surface area contributed by atoms with Crippen LogP contribution in [-0.4, -0.2) is 44.0 Å². The molecule has 1 atom stereocenters. The summed E-state index contributed by atoms with van der Waals surface area (Å²) >= 11 is 0. The number of carbonyl (C=O) groups excluding carboxylic acids is 1. The van der Waals surface area contributed by atoms with Crippen LogP contribution < -0.4 is 5.32 Å². The quantitative estimate of drug-likeness (QED) is 0.865. The first kappa shape index (κ1) is 15.5. The van der Waals surface area contributed by atoms with Gasteiger partial charge in [0.2, 0.25) is 5.91 Å². The van der Waals surface area contributed by atoms with E-state index in [-0.39, 0.29) is 29.7 Å². The first-order chi connectivity index (χ1) is 9.59. The van der Waals surface area contributed by atoms with Gasteiger partial charge in [-0.05, 0) is 34.1 Å². The molecule has 1 aliphatic heterocycles. The summed E-state index contributed by atoms with van der Waals surface area (Å²) in [7, 11) is 0. The van der Waals surface area contributed by atoms with Gasteiger partial charge in [-0.25, -0.2) is 4.79 Å². The van der Waals surface area contributed by atoms with E-state index >= 15 is 0 Å². The van der Waals surface area contributed by atoms with Crippen molar-refractivity contribution < 1.29 is 19.4 Å². The van der Waals surface area contributed by atoms with Gasteiger partial charge in [-0.3, -0.25) is 9.48 Å². The lowest BCUT2D eigenvalue weighted by molar-refractivity contribution is -0.124. The Labute approximate surface area is 123 Å². The Kier molecular flexibility index (Phi) is 3.79. The number of amides is 1. The number of aromatic carboxylic acids is 1. The molecule has 116 valence electrons. The molecule has 1 unspecified atom stereocenters. The Morgan fingerprint density at radius 1 is 1.48 bits per heavy atom. The SMILES string of the molecule is CC1(C)CC(NC(=O)Cn2cc(C(=O)O)cn2)C(C)(C)O1. The first-order valence-electron chi connectivity index (χ1n) is 6.84. The second kappa shape index (κ2) is 5.14. The minimum absolute atomic E-state index is 0.0136. The minimum Gasteiger partial charge on any atom is -0.478 e. The molecular weight excluding hydrogens is 274 g/mol. The maximum Gasteiger partial charge on any atom is 0.338 e. The van der Waals surface area contributed by atoms with Crippen molar-refractivity contribution in [3.63, 3.8) is 0 Å². The molecule has 2 rings (SSSR count). The molecule has 1 saturated heterocycles. The zero-order valence-corrected chi connectivity index (χ0v) is 12.7. The number of carbonyl (C=O) groups is 2. The third kappa shape index (κ3) is 3.60. The molecule has 1 aliphatic rings. The van der Waals surface area contributed by atoms with Crippen molar-refractivity contribution in [3.8, 4) is 0 Å². The molecular formula is C14H21N3O4. The van der Waals surface area contributed by atoms with Crippen LogP contribution in [0.3, 0.4) is 0 Å². The van der Waals surface area contributed by atoms with E-state index in [4.69, 9.17) is 9.84 Å². The van der Waals surface area contributed by atoms with Crippen LogP contribution in [0, 0.1) is 0 Å². The zero-order chi connectivity index (χ0) is 15.8. The third-order valence-electron chi connectivity index (χ3n) is 3.60. The van der Waals surface area contributed by atoms with E-state index in [1.165, 1.54) is 17.1 Å². The molecule has 0 aliphatic carbocycles. The van der Waals surface area contributed by atoms with Crippen molar-refractivity contribution >= 4 is 11.9 Å². The molecule has 1 fully saturated rings. The predicted octanol–water partition coefficient (Wildman–Crippen LogP) is 1.04. The normalized spacial score (nSPS) is 23.0. The summed E-state index contributed by atoms with van der Waals surface area (Å²) in [4.78, 5) is 22.8. The van der Waals surface area contributed by atoms with Gasteiger partial charge in [0.25, 0.3) is 0 Å². The highest BCUT2D eigenvalue weighted by molar-refractivity contribution is 5.87. The van der Waals surface area contributed by atoms with Crippen LogP contribution in [0.2, 0.25) is 0 Å². The first-order valence-corrected chi connectivity index (χ1v) is 6.84. The van der Waals surface area contributed by atoms with Gasteiger partial charge in [0.05, 0.1) is 29.0 Å². The molecule has 2 N–H and O–H groups in total. The Hall–Kier alpha value is -1.89. The monoisotopic (exact) mass is 295 g/mol. The number of nitrogens with one attached hydrogen (secondary N) is 1. The maximum absolute atomic E-state index is 12.1. The van der Waals surface area contributed by atoms with Gasteiger partial charge < -0.3 is 15.2 Å². The molecule has 1 aromatic heterocycles. The number of aromatic nitrogens is 2. The molecule has 21 heavy (non-hydrogen) atoms. The number of hydrogen-bond acceptors (Lipinski definition) is 4. The molecule has 0 bridgehead atoms. The van der Waals surface area contributed by atoms with Crippen LogP contribution in [0.15, 0.2) is 12.4 Å². The van der Waals surface area contributed by atoms with Crippen molar-refractivity contribution in [1.82, 2.24) is 15.1 Å². The van der Waals surface area contributed by atoms with Crippen molar-refractivity contribution in [1.29, 1.82) is 0 Å². The molecule has 7 heteroatoms. The molecule has 7 nitrogen and oxygen atoms in total. The van der Waals surface area contributed by atoms with Gasteiger partial charge in [0.15, 0.2) is 0 Å². The van der Waals surface area contributed by atoms with E-state index in [0.717, 1.165) is 6.42 Å². The van der Waals surface area contributed by atoms with E-state index in [1.807, 2.05) is 27.7 Å². The van der Waals surface area contributed by atoms with Crippen molar-refractivity contribution in [2.24, 2.45) is 0 Å². The minimum atomic E-state index is -1.06. The Morgan fingerprint density at radius 3 is 2.62 bits per heavy atom. The maximum atomic E-state index is 12.1. The van der Waals surface area contributed by atoms with Crippen molar-refractivity contribution in [2.45, 2.75) is 57.9 Å². The average Bonchev–Trinajstić information content (AvgIpc) is 2.81. The van der Waals surface area contributed by atoms with E-state index < -0.39 is 11.6 Å². The smallest absolute Gasteiger partial charge is 0.338 e. The van der Waals surface area contributed by atoms with Crippen LogP contribution in [0.1, 0.15) is 44.5 Å². The Morgan fingerprint density at radius 2 is 2.14 bits per heavy atom. The Bertz CT molecular complexity index is 562. The van der Waals surface area contributed by atoms with Crippen LogP contribution in [0.5, 0.6) is 0 Å². The van der Waals surface area contributed by atoms with E-state index in [1.54, 1.807) is 0 Å². The van der Waals surface area contributed by atoms with Gasteiger partial charge in [0, 0.05) is 6.20 Å². The predicted molar refractivity (Wildman–Crippen MR) is 75.0 cm³/mol. The third-order valence-corrected chi connectivity index (χ3v) is 3.60. The van der Waals surface area contributed by atoms with Crippen molar-refractivity contribution in [3.05, 3.63) is 18.0 Å². The van der Waals surface area contributed by atoms with E-state index in [9.17, 15) is 9.59 Å². The van der Waals surface area contributed by atoms with Crippen LogP contribution in [0.25, 0.3) is 0 Å². The summed E-state index contributed by atoms with van der Waals surface area (Å²) in [6, 6.07) is -0.0884.